The van der Waals surface area contributed by atoms with Crippen molar-refractivity contribution in [3.8, 4) is 0 Å². The summed E-state index contributed by atoms with van der Waals surface area (Å²) in [5, 5.41) is 33.6. The Morgan fingerprint density at radius 1 is 0.772 bits per heavy atom. The van der Waals surface area contributed by atoms with Crippen molar-refractivity contribution in [2.24, 2.45) is 13.0 Å². The molecule has 3 aliphatic rings. The number of carbonyl (C=O) groups excluding carboxylic acids is 1. The molecule has 6 aromatic heterocycles. The highest BCUT2D eigenvalue weighted by molar-refractivity contribution is 8.09. The number of anilines is 3. The minimum atomic E-state index is -6.21. The number of hydrogen-bond acceptors (Lipinski definition) is 28. The number of rotatable bonds is 20. The van der Waals surface area contributed by atoms with E-state index < -0.39 is 146 Å². The number of aliphatic hydroxyl groups excluding tert-OH is 3. The van der Waals surface area contributed by atoms with Crippen molar-refractivity contribution in [1.82, 2.24) is 58.5 Å². The maximum Gasteiger partial charge on any atom is 0.490 e. The number of phosphoric acid groups is 3. The van der Waals surface area contributed by atoms with Gasteiger partial charge in [-0.1, -0.05) is 4.98 Å². The molecule has 6 aromatic rings. The van der Waals surface area contributed by atoms with Crippen LogP contribution >= 0.6 is 30.0 Å². The zero-order valence-corrected chi connectivity index (χ0v) is 45.6. The van der Waals surface area contributed by atoms with E-state index in [1.165, 1.54) is 59.5 Å². The van der Waals surface area contributed by atoms with Crippen LogP contribution in [0, 0.1) is 5.92 Å². The van der Waals surface area contributed by atoms with Gasteiger partial charge in [-0.2, -0.15) is 13.6 Å². The summed E-state index contributed by atoms with van der Waals surface area (Å²) in [5.41, 5.74) is 14.3. The Hall–Kier alpha value is -5.18. The molecule has 0 radical (unpaired) electrons. The van der Waals surface area contributed by atoms with Gasteiger partial charge < -0.3 is 80.5 Å². The predicted molar refractivity (Wildman–Crippen MR) is 265 cm³/mol. The van der Waals surface area contributed by atoms with E-state index in [0.29, 0.717) is 0 Å². The van der Waals surface area contributed by atoms with Gasteiger partial charge in [-0.25, -0.2) is 38.2 Å². The summed E-state index contributed by atoms with van der Waals surface area (Å²) in [5.74, 6) is -2.41. The second-order valence-corrected chi connectivity index (χ2v) is 26.3. The summed E-state index contributed by atoms with van der Waals surface area (Å²) in [6, 6.07) is 0. The zero-order valence-electron chi connectivity index (χ0n) is 41.2. The number of aliphatic hydroxyl groups is 3. The Balaban J connectivity index is 0.897. The molecule has 79 heavy (non-hydrogen) atoms. The van der Waals surface area contributed by atoms with Gasteiger partial charge >= 0.3 is 29.1 Å². The number of phosphoric ester groups is 2. The Kier molecular flexibility index (Phi) is 16.2. The van der Waals surface area contributed by atoms with Crippen molar-refractivity contribution < 1.29 is 99.1 Å². The molecule has 1 amide bonds. The number of hydrogen-bond donors (Lipinski definition) is 12. The standard InChI is InChI=1S/C36H50N16O22P4S/c1-48(2)17(53)5-13-14(70-32(21(13)54)52-12-49(3)20-29(52)45-36(39)47-31(20)58)6-68-76(60,61)73-78(64,65)74-77(62,63)69-8-16-25(24(66-4)34(72-16)50-10-42-18-26(37)40-9-41-27(18)50)75(59,79)67-7-15-22(55)23(56)33(71-15)51-11-43-19-28(51)44-35(38)46-30(19)57/h9-16,21-25,32-34,54-56H,5-8H2,1-4H3,(H11-,37,38,39,40,41,44,45,46,47,57,58,59,60,61,62,63,64,65,79)/p+1/t13-,14-,15-,16-,21-,22-,23-,24-,25-,32-,33-,34-,75?/m1/s1. The van der Waals surface area contributed by atoms with E-state index in [2.05, 4.69) is 48.5 Å². The third-order valence-electron chi connectivity index (χ3n) is 12.8. The SMILES string of the molecule is CO[C@@H]1[C@H](P(O)(=S)OC[C@H]2O[C@@H](n3cnc4c(=O)[nH]c(N)nc43)[C@H](O)[C@@H]2O)[C@@H](COP(=O)(O)OP(=O)(O)OP(=O)(O)OC[C@H]2O[C@@H]([n+]3cn(C)c4c(=O)[nH]c(N)nc43)[C@H](O)[C@@H]2CC(=O)N(C)C)O[C@H]1n1cnc2c(N)ncnc21. The number of nitrogen functional groups attached to an aromatic ring is 3. The first-order chi connectivity index (χ1) is 37.0. The summed E-state index contributed by atoms with van der Waals surface area (Å²) in [4.78, 5) is 112. The number of aromatic amines is 2. The largest absolute Gasteiger partial charge is 0.490 e. The minimum absolute atomic E-state index is 0.000707. The minimum Gasteiger partial charge on any atom is -0.387 e. The molecule has 0 aromatic carbocycles. The van der Waals surface area contributed by atoms with E-state index in [9.17, 15) is 63.0 Å². The van der Waals surface area contributed by atoms with Crippen LogP contribution in [0.4, 0.5) is 17.7 Å². The molecule has 43 heteroatoms. The van der Waals surface area contributed by atoms with Crippen LogP contribution in [0.3, 0.4) is 0 Å². The molecule has 3 saturated heterocycles. The average Bonchev–Trinajstić information content (AvgIpc) is 4.43. The number of H-pyrrole nitrogens is 2. The van der Waals surface area contributed by atoms with Crippen LogP contribution in [0.5, 0.6) is 0 Å². The molecule has 432 valence electrons. The van der Waals surface area contributed by atoms with Gasteiger partial charge in [-0.05, 0) is 11.8 Å². The molecule has 3 aliphatic heterocycles. The molecule has 9 heterocycles. The molecule has 0 aliphatic carbocycles. The highest BCUT2D eigenvalue weighted by Crippen LogP contribution is 2.68. The lowest BCUT2D eigenvalue weighted by Gasteiger charge is -2.31. The van der Waals surface area contributed by atoms with Crippen LogP contribution in [0.1, 0.15) is 25.1 Å². The van der Waals surface area contributed by atoms with Gasteiger partial charge in [0.25, 0.3) is 17.1 Å². The monoisotopic (exact) mass is 1220 g/mol. The molecule has 9 rings (SSSR count). The maximum atomic E-state index is 13.4. The van der Waals surface area contributed by atoms with Crippen LogP contribution in [-0.4, -0.2) is 189 Å². The van der Waals surface area contributed by atoms with Crippen molar-refractivity contribution in [3.63, 3.8) is 0 Å². The highest BCUT2D eigenvalue weighted by Gasteiger charge is 2.56. The molecule has 3 fully saturated rings. The van der Waals surface area contributed by atoms with E-state index in [1.54, 1.807) is 0 Å². The molecule has 4 unspecified atom stereocenters. The molecule has 0 bridgehead atoms. The highest BCUT2D eigenvalue weighted by atomic mass is 32.5. The second-order valence-electron chi connectivity index (χ2n) is 18.1. The van der Waals surface area contributed by atoms with Gasteiger partial charge in [-0.3, -0.25) is 47.1 Å². The van der Waals surface area contributed by atoms with E-state index in [1.807, 2.05) is 0 Å². The normalized spacial score (nSPS) is 29.5. The summed E-state index contributed by atoms with van der Waals surface area (Å²) in [6.45, 7) is -7.47. The number of nitrogens with zero attached hydrogens (tertiary/aromatic N) is 11. The van der Waals surface area contributed by atoms with E-state index in [-0.39, 0.29) is 51.2 Å². The number of aryl methyl sites for hydroxylation is 1. The lowest BCUT2D eigenvalue weighted by atomic mass is 9.94. The van der Waals surface area contributed by atoms with Gasteiger partial charge in [0.2, 0.25) is 23.6 Å². The second kappa shape index (κ2) is 21.9. The third kappa shape index (κ3) is 11.7. The Morgan fingerprint density at radius 2 is 1.37 bits per heavy atom. The number of imidazole rings is 3. The first-order valence-electron chi connectivity index (χ1n) is 22.8. The Labute approximate surface area is 445 Å². The van der Waals surface area contributed by atoms with Crippen molar-refractivity contribution in [2.75, 3.05) is 58.2 Å². The summed E-state index contributed by atoms with van der Waals surface area (Å²) in [6.07, 6.45) is -11.1. The van der Waals surface area contributed by atoms with Gasteiger partial charge in [0.05, 0.1) is 57.4 Å². The van der Waals surface area contributed by atoms with Crippen LogP contribution in [0.2, 0.25) is 0 Å². The van der Waals surface area contributed by atoms with Crippen LogP contribution in [-0.2, 0) is 78.5 Å². The lowest BCUT2D eigenvalue weighted by Crippen LogP contribution is -2.45. The number of amides is 1. The predicted octanol–water partition coefficient (Wildman–Crippen LogP) is -3.79. The van der Waals surface area contributed by atoms with E-state index in [4.69, 9.17) is 61.5 Å². The average molecular weight is 1220 g/mol. The van der Waals surface area contributed by atoms with Crippen molar-refractivity contribution in [2.45, 2.75) is 73.5 Å². The molecule has 0 saturated carbocycles. The van der Waals surface area contributed by atoms with E-state index in [0.717, 1.165) is 17.2 Å². The van der Waals surface area contributed by atoms with Crippen LogP contribution in [0.15, 0.2) is 34.9 Å². The molecular formula is C36H51N16O22P4S+. The quantitative estimate of drug-likeness (QED) is 0.0258. The van der Waals surface area contributed by atoms with Gasteiger partial charge in [0, 0.05) is 33.5 Å². The Bertz CT molecular complexity index is 3640. The molecular weight excluding hydrogens is 1160 g/mol. The fraction of sp³-hybridized carbons (Fsp3) is 0.556. The number of ether oxygens (including phenoxy) is 4. The summed E-state index contributed by atoms with van der Waals surface area (Å²) < 4.78 is 93.2. The van der Waals surface area contributed by atoms with Crippen molar-refractivity contribution in [1.29, 1.82) is 0 Å². The summed E-state index contributed by atoms with van der Waals surface area (Å²) >= 11 is 5.63. The third-order valence-corrected chi connectivity index (χ3v) is 20.0. The van der Waals surface area contributed by atoms with Crippen LogP contribution < -0.4 is 32.9 Å². The van der Waals surface area contributed by atoms with Gasteiger partial charge in [0.15, 0.2) is 47.9 Å². The van der Waals surface area contributed by atoms with Crippen molar-refractivity contribution >= 4 is 98.9 Å². The smallest absolute Gasteiger partial charge is 0.387 e. The molecule has 15 N–H and O–H groups in total. The van der Waals surface area contributed by atoms with Gasteiger partial charge in [0.1, 0.15) is 42.4 Å². The number of methoxy groups -OCH3 is 1. The fourth-order valence-electron chi connectivity index (χ4n) is 9.21. The van der Waals surface area contributed by atoms with E-state index >= 15 is 0 Å². The number of aromatic nitrogens is 12. The number of nitrogens with one attached hydrogen (secondary N) is 2. The topological polar surface area (TPSA) is 536 Å². The molecule has 0 spiro atoms. The summed E-state index contributed by atoms with van der Waals surface area (Å²) in [7, 11) is -12.5. The fourth-order valence-corrected chi connectivity index (χ4v) is 15.4. The van der Waals surface area contributed by atoms with Crippen molar-refractivity contribution in [3.05, 3.63) is 46.0 Å². The van der Waals surface area contributed by atoms with Gasteiger partial charge in [-0.15, -0.1) is 0 Å². The first kappa shape index (κ1) is 58.5. The number of carbonyl (C=O) groups is 1. The number of nitrogens with two attached hydrogens (primary N) is 3. The first-order valence-corrected chi connectivity index (χ1v) is 30.0. The maximum absolute atomic E-state index is 13.4. The van der Waals surface area contributed by atoms with Crippen LogP contribution in [0.25, 0.3) is 33.5 Å². The molecule has 38 nitrogen and oxygen atoms in total. The Morgan fingerprint density at radius 3 is 2.03 bits per heavy atom. The lowest BCUT2D eigenvalue weighted by molar-refractivity contribution is -0.745. The molecule has 16 atom stereocenters. The number of fused-ring (bicyclic) bond motifs is 3. The zero-order chi connectivity index (χ0) is 57.4.